The third-order valence-corrected chi connectivity index (χ3v) is 9.74. The van der Waals surface area contributed by atoms with Crippen LogP contribution in [0.15, 0.2) is 58.7 Å². The molecule has 0 spiro atoms. The SMILES string of the molecule is CCC[C-]=C(C)C1=[C-]C(C)=C(CCC)C1.CCCc1cc(C)c(CCC)cc1C.CCCc1ccc2c(C)c(CCC)ccc2c1C.[Y]. The second kappa shape index (κ2) is 23.6. The number of hydrogen-bond acceptors (Lipinski definition) is 0. The van der Waals surface area contributed by atoms with Crippen molar-refractivity contribution in [3.8, 4) is 0 Å². The summed E-state index contributed by atoms with van der Waals surface area (Å²) >= 11 is 0. The molecule has 0 aliphatic heterocycles. The van der Waals surface area contributed by atoms with E-state index in [4.69, 9.17) is 0 Å². The Bertz CT molecular complexity index is 1430. The number of benzene rings is 3. The van der Waals surface area contributed by atoms with Gasteiger partial charge in [0.2, 0.25) is 0 Å². The minimum Gasteiger partial charge on any atom is -0.340 e. The molecule has 0 amide bonds. The van der Waals surface area contributed by atoms with E-state index in [1.54, 1.807) is 5.57 Å². The van der Waals surface area contributed by atoms with Crippen molar-refractivity contribution >= 4 is 10.8 Å². The van der Waals surface area contributed by atoms with E-state index >= 15 is 0 Å². The summed E-state index contributed by atoms with van der Waals surface area (Å²) in [6.45, 7) is 26.8. The zero-order valence-corrected chi connectivity index (χ0v) is 36.1. The normalized spacial score (nSPS) is 12.7. The van der Waals surface area contributed by atoms with Crippen LogP contribution in [0.2, 0.25) is 0 Å². The van der Waals surface area contributed by atoms with Gasteiger partial charge in [-0.1, -0.05) is 130 Å². The van der Waals surface area contributed by atoms with Gasteiger partial charge in [0.1, 0.15) is 0 Å². The Balaban J connectivity index is 0.000000360. The predicted molar refractivity (Wildman–Crippen MR) is 212 cm³/mol. The number of rotatable bonds is 13. The van der Waals surface area contributed by atoms with Crippen LogP contribution in [0.25, 0.3) is 10.8 Å². The zero-order valence-electron chi connectivity index (χ0n) is 33.2. The number of allylic oxidation sites excluding steroid dienone is 6. The van der Waals surface area contributed by atoms with Crippen LogP contribution >= 0.6 is 0 Å². The fourth-order valence-corrected chi connectivity index (χ4v) is 6.82. The monoisotopic (exact) mass is 721 g/mol. The molecule has 0 N–H and O–H groups in total. The van der Waals surface area contributed by atoms with E-state index in [0.717, 1.165) is 12.8 Å². The summed E-state index contributed by atoms with van der Waals surface area (Å²) in [7, 11) is 0. The fourth-order valence-electron chi connectivity index (χ4n) is 6.82. The van der Waals surface area contributed by atoms with Crippen LogP contribution in [0.4, 0.5) is 0 Å². The van der Waals surface area contributed by atoms with Crippen LogP contribution in [-0.2, 0) is 58.4 Å². The van der Waals surface area contributed by atoms with Gasteiger partial charge in [-0.25, -0.2) is 0 Å². The molecular formula is C47H68Y-2. The molecule has 0 unspecified atom stereocenters. The average Bonchev–Trinajstić information content (AvgIpc) is 3.42. The average molecular weight is 722 g/mol. The Kier molecular flexibility index (Phi) is 21.8. The van der Waals surface area contributed by atoms with Gasteiger partial charge in [-0.05, 0) is 109 Å². The molecule has 0 bridgehead atoms. The first-order valence-corrected chi connectivity index (χ1v) is 19.0. The van der Waals surface area contributed by atoms with Crippen LogP contribution in [0.3, 0.4) is 0 Å². The predicted octanol–water partition coefficient (Wildman–Crippen LogP) is 14.4. The van der Waals surface area contributed by atoms with Crippen molar-refractivity contribution in [2.75, 3.05) is 0 Å². The summed E-state index contributed by atoms with van der Waals surface area (Å²) in [5, 5.41) is 2.89. The molecule has 0 heterocycles. The Morgan fingerprint density at radius 3 is 1.40 bits per heavy atom. The van der Waals surface area contributed by atoms with Crippen LogP contribution < -0.4 is 0 Å². The molecular weight excluding hydrogens is 653 g/mol. The van der Waals surface area contributed by atoms with Crippen LogP contribution in [-0.4, -0.2) is 0 Å². The number of aryl methyl sites for hydroxylation is 8. The summed E-state index contributed by atoms with van der Waals surface area (Å²) in [5.74, 6) is 0. The van der Waals surface area contributed by atoms with E-state index in [1.807, 2.05) is 0 Å². The molecule has 48 heavy (non-hydrogen) atoms. The van der Waals surface area contributed by atoms with E-state index in [1.165, 1.54) is 143 Å². The molecule has 0 atom stereocenters. The van der Waals surface area contributed by atoms with Crippen LogP contribution in [0.5, 0.6) is 0 Å². The van der Waals surface area contributed by atoms with E-state index in [0.29, 0.717) is 0 Å². The number of hydrogen-bond donors (Lipinski definition) is 0. The summed E-state index contributed by atoms with van der Waals surface area (Å²) in [6, 6.07) is 14.0. The van der Waals surface area contributed by atoms with Crippen LogP contribution in [0.1, 0.15) is 158 Å². The third kappa shape index (κ3) is 13.2. The Labute approximate surface area is 323 Å². The van der Waals surface area contributed by atoms with Crippen molar-refractivity contribution in [3.63, 3.8) is 0 Å². The van der Waals surface area contributed by atoms with Crippen molar-refractivity contribution in [1.29, 1.82) is 0 Å². The number of unbranched alkanes of at least 4 members (excludes halogenated alkanes) is 1. The van der Waals surface area contributed by atoms with Gasteiger partial charge in [-0.3, -0.25) is 6.08 Å². The Hall–Kier alpha value is -1.76. The first-order valence-electron chi connectivity index (χ1n) is 19.0. The third-order valence-electron chi connectivity index (χ3n) is 9.74. The zero-order chi connectivity index (χ0) is 34.9. The Morgan fingerprint density at radius 2 is 1.00 bits per heavy atom. The van der Waals surface area contributed by atoms with Crippen molar-refractivity contribution < 1.29 is 32.7 Å². The molecule has 3 aromatic carbocycles. The van der Waals surface area contributed by atoms with Gasteiger partial charge >= 0.3 is 0 Å². The molecule has 4 rings (SSSR count). The minimum absolute atomic E-state index is 0. The smallest absolute Gasteiger partial charge is 0 e. The number of fused-ring (bicyclic) bond motifs is 1. The molecule has 0 fully saturated rings. The van der Waals surface area contributed by atoms with E-state index in [9.17, 15) is 0 Å². The van der Waals surface area contributed by atoms with Gasteiger partial charge < -0.3 is 17.2 Å². The molecule has 1 aliphatic carbocycles. The van der Waals surface area contributed by atoms with E-state index in [-0.39, 0.29) is 32.7 Å². The van der Waals surface area contributed by atoms with Crippen molar-refractivity contribution in [1.82, 2.24) is 0 Å². The Morgan fingerprint density at radius 1 is 0.583 bits per heavy atom. The maximum absolute atomic E-state index is 3.49. The second-order valence-electron chi connectivity index (χ2n) is 13.8. The molecule has 0 saturated carbocycles. The molecule has 0 saturated heterocycles. The van der Waals surface area contributed by atoms with Crippen molar-refractivity contribution in [2.45, 2.75) is 167 Å². The standard InChI is InChI=1S/C18H24.C15H22.C14H22.Y/c1-5-7-15-9-11-18-14(4)16(8-6-2)10-12-17(18)13(15)3;1-5-7-9-12(3)15-10-13(4)14(11-15)8-6-2;1-5-7-13-9-12(4)14(8-6-2)10-11(13)3;/h9-12H,5-8H2,1-4H3;5-8,11H2,1-4H3;9-10H,5-8H2,1-4H3;/q;-2;;. The van der Waals surface area contributed by atoms with Gasteiger partial charge in [0.15, 0.2) is 0 Å². The summed E-state index contributed by atoms with van der Waals surface area (Å²) in [6.07, 6.45) is 22.5. The van der Waals surface area contributed by atoms with Gasteiger partial charge in [0, 0.05) is 32.7 Å². The summed E-state index contributed by atoms with van der Waals surface area (Å²) in [4.78, 5) is 0. The molecule has 0 aromatic heterocycles. The molecule has 1 aliphatic rings. The molecule has 3 aromatic rings. The van der Waals surface area contributed by atoms with Gasteiger partial charge in [-0.2, -0.15) is 11.1 Å². The summed E-state index contributed by atoms with van der Waals surface area (Å²) in [5.41, 5.74) is 17.6. The fraction of sp³-hybridized carbons (Fsp3) is 0.532. The second-order valence-corrected chi connectivity index (χ2v) is 13.8. The molecule has 0 nitrogen and oxygen atoms in total. The first-order chi connectivity index (χ1) is 22.6. The maximum atomic E-state index is 3.49. The van der Waals surface area contributed by atoms with Crippen molar-refractivity contribution in [3.05, 3.63) is 115 Å². The van der Waals surface area contributed by atoms with Crippen LogP contribution in [0, 0.1) is 39.8 Å². The topological polar surface area (TPSA) is 0 Å². The molecule has 261 valence electrons. The van der Waals surface area contributed by atoms with Gasteiger partial charge in [0.05, 0.1) is 0 Å². The summed E-state index contributed by atoms with van der Waals surface area (Å²) < 4.78 is 0. The largest absolute Gasteiger partial charge is 0.340 e. The molecule has 1 radical (unpaired) electrons. The van der Waals surface area contributed by atoms with E-state index < -0.39 is 0 Å². The first kappa shape index (κ1) is 44.3. The van der Waals surface area contributed by atoms with Gasteiger partial charge in [-0.15, -0.1) is 19.8 Å². The maximum Gasteiger partial charge on any atom is 0 e. The quantitative estimate of drug-likeness (QED) is 0.154. The van der Waals surface area contributed by atoms with Gasteiger partial charge in [0.25, 0.3) is 0 Å². The van der Waals surface area contributed by atoms with E-state index in [2.05, 4.69) is 132 Å². The minimum atomic E-state index is 0. The van der Waals surface area contributed by atoms with Crippen molar-refractivity contribution in [2.24, 2.45) is 0 Å². The molecule has 1 heteroatoms.